The first kappa shape index (κ1) is 20.5. The van der Waals surface area contributed by atoms with Crippen LogP contribution in [-0.2, 0) is 9.53 Å². The van der Waals surface area contributed by atoms with Crippen molar-refractivity contribution < 1.29 is 14.3 Å². The first-order chi connectivity index (χ1) is 11.4. The standard InChI is InChI=1S/C19H32N2O3/c1-6-7-8-13-19(2,23-5)18(22)20-16-9-11-17(12-10-16)24-15-14-21(3)4/h9-12H,6-8,13-15H2,1-5H3,(H,20,22)/t19-/m1/s1. The van der Waals surface area contributed by atoms with Gasteiger partial charge in [-0.1, -0.05) is 26.2 Å². The second-order valence-corrected chi connectivity index (χ2v) is 6.52. The molecule has 0 aliphatic rings. The summed E-state index contributed by atoms with van der Waals surface area (Å²) in [5.74, 6) is 0.690. The number of nitrogens with one attached hydrogen (secondary N) is 1. The Morgan fingerprint density at radius 2 is 1.88 bits per heavy atom. The smallest absolute Gasteiger partial charge is 0.256 e. The summed E-state index contributed by atoms with van der Waals surface area (Å²) in [5.41, 5.74) is -0.0468. The zero-order chi connectivity index (χ0) is 18.0. The molecule has 1 aromatic carbocycles. The molecule has 0 bridgehead atoms. The first-order valence-electron chi connectivity index (χ1n) is 8.65. The summed E-state index contributed by atoms with van der Waals surface area (Å²) >= 11 is 0. The number of hydrogen-bond acceptors (Lipinski definition) is 4. The highest BCUT2D eigenvalue weighted by molar-refractivity contribution is 5.97. The van der Waals surface area contributed by atoms with E-state index in [1.165, 1.54) is 0 Å². The quantitative estimate of drug-likeness (QED) is 0.628. The number of rotatable bonds is 11. The summed E-state index contributed by atoms with van der Waals surface area (Å²) in [5, 5.41) is 2.93. The molecule has 0 saturated carbocycles. The topological polar surface area (TPSA) is 50.8 Å². The number of likely N-dealkylation sites (N-methyl/N-ethyl adjacent to an activating group) is 1. The fraction of sp³-hybridized carbons (Fsp3) is 0.632. The average molecular weight is 336 g/mol. The first-order valence-corrected chi connectivity index (χ1v) is 8.65. The Morgan fingerprint density at radius 1 is 1.21 bits per heavy atom. The molecule has 0 aliphatic carbocycles. The van der Waals surface area contributed by atoms with Gasteiger partial charge in [-0.2, -0.15) is 0 Å². The van der Waals surface area contributed by atoms with E-state index in [0.29, 0.717) is 6.61 Å². The van der Waals surface area contributed by atoms with Gasteiger partial charge in [0, 0.05) is 19.3 Å². The highest BCUT2D eigenvalue weighted by atomic mass is 16.5. The molecular weight excluding hydrogens is 304 g/mol. The Kier molecular flexibility index (Phi) is 8.79. The van der Waals surface area contributed by atoms with Gasteiger partial charge in [0.05, 0.1) is 0 Å². The van der Waals surface area contributed by atoms with Crippen LogP contribution in [0.5, 0.6) is 5.75 Å². The highest BCUT2D eigenvalue weighted by Crippen LogP contribution is 2.22. The molecule has 0 aliphatic heterocycles. The van der Waals surface area contributed by atoms with Crippen LogP contribution >= 0.6 is 0 Å². The van der Waals surface area contributed by atoms with Crippen LogP contribution in [0.25, 0.3) is 0 Å². The molecule has 136 valence electrons. The molecule has 1 amide bonds. The van der Waals surface area contributed by atoms with Crippen LogP contribution in [-0.4, -0.2) is 50.8 Å². The van der Waals surface area contributed by atoms with Gasteiger partial charge in [-0.05, 0) is 51.7 Å². The van der Waals surface area contributed by atoms with Gasteiger partial charge >= 0.3 is 0 Å². The number of carbonyl (C=O) groups is 1. The Hall–Kier alpha value is -1.59. The molecule has 5 nitrogen and oxygen atoms in total. The molecule has 0 radical (unpaired) electrons. The van der Waals surface area contributed by atoms with Crippen molar-refractivity contribution in [3.05, 3.63) is 24.3 Å². The summed E-state index contributed by atoms with van der Waals surface area (Å²) in [7, 11) is 5.61. The third kappa shape index (κ3) is 6.89. The number of amides is 1. The monoisotopic (exact) mass is 336 g/mol. The van der Waals surface area contributed by atoms with E-state index in [2.05, 4.69) is 17.1 Å². The predicted octanol–water partition coefficient (Wildman–Crippen LogP) is 3.55. The van der Waals surface area contributed by atoms with Crippen molar-refractivity contribution in [2.24, 2.45) is 0 Å². The molecule has 0 aromatic heterocycles. The van der Waals surface area contributed by atoms with Crippen molar-refractivity contribution in [2.45, 2.75) is 45.1 Å². The molecule has 0 spiro atoms. The van der Waals surface area contributed by atoms with Crippen molar-refractivity contribution in [1.29, 1.82) is 0 Å². The minimum Gasteiger partial charge on any atom is -0.492 e. The molecule has 0 saturated heterocycles. The number of unbranched alkanes of at least 4 members (excludes halogenated alkanes) is 2. The van der Waals surface area contributed by atoms with Crippen molar-refractivity contribution in [3.8, 4) is 5.75 Å². The summed E-state index contributed by atoms with van der Waals surface area (Å²) in [6.07, 6.45) is 3.92. The largest absolute Gasteiger partial charge is 0.492 e. The Labute approximate surface area is 146 Å². The van der Waals surface area contributed by atoms with Crippen LogP contribution in [0.1, 0.15) is 39.5 Å². The lowest BCUT2D eigenvalue weighted by molar-refractivity contribution is -0.136. The number of ether oxygens (including phenoxy) is 2. The summed E-state index contributed by atoms with van der Waals surface area (Å²) < 4.78 is 11.1. The average Bonchev–Trinajstić information content (AvgIpc) is 2.56. The Bertz CT molecular complexity index is 488. The molecule has 24 heavy (non-hydrogen) atoms. The van der Waals surface area contributed by atoms with E-state index in [1.807, 2.05) is 45.3 Å². The molecule has 0 unspecified atom stereocenters. The van der Waals surface area contributed by atoms with Gasteiger partial charge < -0.3 is 19.7 Å². The van der Waals surface area contributed by atoms with Crippen LogP contribution in [0.15, 0.2) is 24.3 Å². The molecule has 0 fully saturated rings. The van der Waals surface area contributed by atoms with Gasteiger partial charge in [-0.3, -0.25) is 4.79 Å². The third-order valence-electron chi connectivity index (χ3n) is 4.11. The second kappa shape index (κ2) is 10.3. The zero-order valence-corrected chi connectivity index (χ0v) is 15.7. The van der Waals surface area contributed by atoms with Crippen molar-refractivity contribution in [2.75, 3.05) is 39.7 Å². The molecule has 1 aromatic rings. The number of carbonyl (C=O) groups excluding carboxylic acids is 1. The van der Waals surface area contributed by atoms with E-state index < -0.39 is 5.60 Å². The van der Waals surface area contributed by atoms with Crippen LogP contribution in [0.3, 0.4) is 0 Å². The molecule has 1 atom stereocenters. The lowest BCUT2D eigenvalue weighted by Crippen LogP contribution is -2.41. The van der Waals surface area contributed by atoms with Crippen LogP contribution in [0, 0.1) is 0 Å². The van der Waals surface area contributed by atoms with E-state index in [-0.39, 0.29) is 5.91 Å². The normalized spacial score (nSPS) is 13.6. The Morgan fingerprint density at radius 3 is 2.42 bits per heavy atom. The van der Waals surface area contributed by atoms with Gasteiger partial charge in [-0.15, -0.1) is 0 Å². The van der Waals surface area contributed by atoms with Crippen LogP contribution in [0.2, 0.25) is 0 Å². The number of hydrogen-bond donors (Lipinski definition) is 1. The van der Waals surface area contributed by atoms with Crippen molar-refractivity contribution in [1.82, 2.24) is 4.90 Å². The van der Waals surface area contributed by atoms with Gasteiger partial charge in [0.25, 0.3) is 5.91 Å². The number of benzene rings is 1. The van der Waals surface area contributed by atoms with Crippen LogP contribution in [0.4, 0.5) is 5.69 Å². The molecule has 1 N–H and O–H groups in total. The van der Waals surface area contributed by atoms with Gasteiger partial charge in [-0.25, -0.2) is 0 Å². The lowest BCUT2D eigenvalue weighted by Gasteiger charge is -2.27. The van der Waals surface area contributed by atoms with E-state index in [4.69, 9.17) is 9.47 Å². The maximum atomic E-state index is 12.5. The van der Waals surface area contributed by atoms with Crippen LogP contribution < -0.4 is 10.1 Å². The summed E-state index contributed by atoms with van der Waals surface area (Å²) in [4.78, 5) is 14.6. The zero-order valence-electron chi connectivity index (χ0n) is 15.7. The molecular formula is C19H32N2O3. The van der Waals surface area contributed by atoms with E-state index >= 15 is 0 Å². The maximum Gasteiger partial charge on any atom is 0.256 e. The maximum absolute atomic E-state index is 12.5. The minimum atomic E-state index is -0.796. The highest BCUT2D eigenvalue weighted by Gasteiger charge is 2.32. The summed E-state index contributed by atoms with van der Waals surface area (Å²) in [6, 6.07) is 7.44. The van der Waals surface area contributed by atoms with Crippen molar-refractivity contribution in [3.63, 3.8) is 0 Å². The lowest BCUT2D eigenvalue weighted by atomic mass is 9.97. The fourth-order valence-electron chi connectivity index (χ4n) is 2.26. The second-order valence-electron chi connectivity index (χ2n) is 6.52. The fourth-order valence-corrected chi connectivity index (χ4v) is 2.26. The predicted molar refractivity (Wildman–Crippen MR) is 98.7 cm³/mol. The van der Waals surface area contributed by atoms with Crippen molar-refractivity contribution >= 4 is 11.6 Å². The third-order valence-corrected chi connectivity index (χ3v) is 4.11. The number of methoxy groups -OCH3 is 1. The minimum absolute atomic E-state index is 0.109. The van der Waals surface area contributed by atoms with Gasteiger partial charge in [0.2, 0.25) is 0 Å². The Balaban J connectivity index is 2.56. The number of nitrogens with zero attached hydrogens (tertiary/aromatic N) is 1. The van der Waals surface area contributed by atoms with E-state index in [1.54, 1.807) is 7.11 Å². The van der Waals surface area contributed by atoms with E-state index in [0.717, 1.165) is 43.7 Å². The molecule has 0 heterocycles. The number of anilines is 1. The SMILES string of the molecule is CCCCC[C@@](C)(OC)C(=O)Nc1ccc(OCCN(C)C)cc1. The molecule has 1 rings (SSSR count). The van der Waals surface area contributed by atoms with E-state index in [9.17, 15) is 4.79 Å². The van der Waals surface area contributed by atoms with Gasteiger partial charge in [0.15, 0.2) is 0 Å². The van der Waals surface area contributed by atoms with Gasteiger partial charge in [0.1, 0.15) is 18.0 Å². The molecule has 5 heteroatoms. The summed E-state index contributed by atoms with van der Waals surface area (Å²) in [6.45, 7) is 5.49.